The molecule has 1 rings (SSSR count). The summed E-state index contributed by atoms with van der Waals surface area (Å²) in [6.07, 6.45) is 0. The zero-order chi connectivity index (χ0) is 10.1. The van der Waals surface area contributed by atoms with Gasteiger partial charge in [-0.15, -0.1) is 11.3 Å². The molecule has 0 aliphatic rings. The topological polar surface area (TPSA) is 87.4 Å². The highest BCUT2D eigenvalue weighted by Gasteiger charge is 2.14. The summed E-state index contributed by atoms with van der Waals surface area (Å²) in [7, 11) is -4.49. The molecule has 0 aliphatic carbocycles. The largest absolute Gasteiger partial charge is 0.447 e. The van der Waals surface area contributed by atoms with E-state index in [9.17, 15) is 8.42 Å². The second kappa shape index (κ2) is 3.33. The van der Waals surface area contributed by atoms with Crippen LogP contribution in [0.15, 0.2) is 5.38 Å². The van der Waals surface area contributed by atoms with Crippen LogP contribution >= 0.6 is 11.3 Å². The molecule has 0 atom stereocenters. The van der Waals surface area contributed by atoms with E-state index in [0.717, 1.165) is 11.3 Å². The minimum atomic E-state index is -4.49. The molecular formula is C6H5NO4S2. The molecule has 7 heteroatoms. The van der Waals surface area contributed by atoms with Gasteiger partial charge in [-0.1, -0.05) is 0 Å². The molecule has 5 nitrogen and oxygen atoms in total. The van der Waals surface area contributed by atoms with E-state index >= 15 is 0 Å². The van der Waals surface area contributed by atoms with Gasteiger partial charge in [0.2, 0.25) is 5.06 Å². The normalized spacial score (nSPS) is 10.8. The second-order valence-electron chi connectivity index (χ2n) is 2.18. The van der Waals surface area contributed by atoms with Crippen molar-refractivity contribution in [3.63, 3.8) is 0 Å². The summed E-state index contributed by atoms with van der Waals surface area (Å²) >= 11 is 0.944. The predicted octanol–water partition coefficient (Wildman–Crippen LogP) is 1.11. The third kappa shape index (κ3) is 2.42. The van der Waals surface area contributed by atoms with Crippen molar-refractivity contribution in [3.8, 4) is 11.1 Å². The highest BCUT2D eigenvalue weighted by atomic mass is 32.3. The molecule has 0 fully saturated rings. The van der Waals surface area contributed by atoms with Crippen LogP contribution in [0.3, 0.4) is 0 Å². The van der Waals surface area contributed by atoms with Crippen molar-refractivity contribution in [1.82, 2.24) is 0 Å². The van der Waals surface area contributed by atoms with Crippen LogP contribution in [0.2, 0.25) is 0 Å². The highest BCUT2D eigenvalue weighted by molar-refractivity contribution is 7.81. The van der Waals surface area contributed by atoms with Gasteiger partial charge in [-0.2, -0.15) is 13.7 Å². The Labute approximate surface area is 79.1 Å². The van der Waals surface area contributed by atoms with Crippen molar-refractivity contribution in [3.05, 3.63) is 16.5 Å². The van der Waals surface area contributed by atoms with E-state index in [2.05, 4.69) is 4.18 Å². The lowest BCUT2D eigenvalue weighted by molar-refractivity contribution is 0.390. The molecule has 1 heterocycles. The first kappa shape index (κ1) is 9.98. The van der Waals surface area contributed by atoms with E-state index in [1.807, 2.05) is 6.07 Å². The molecule has 1 aromatic rings. The number of hydrogen-bond donors (Lipinski definition) is 1. The van der Waals surface area contributed by atoms with Crippen molar-refractivity contribution < 1.29 is 17.2 Å². The molecule has 0 unspecified atom stereocenters. The lowest BCUT2D eigenvalue weighted by Crippen LogP contribution is -2.06. The van der Waals surface area contributed by atoms with Gasteiger partial charge < -0.3 is 4.18 Å². The first-order valence-electron chi connectivity index (χ1n) is 3.09. The Morgan fingerprint density at radius 2 is 2.31 bits per heavy atom. The van der Waals surface area contributed by atoms with Crippen molar-refractivity contribution in [2.45, 2.75) is 6.92 Å². The molecule has 0 saturated heterocycles. The Kier molecular flexibility index (Phi) is 2.56. The number of nitrogens with zero attached hydrogens (tertiary/aromatic N) is 1. The summed E-state index contributed by atoms with van der Waals surface area (Å²) in [5, 5.41) is 9.99. The molecule has 1 aromatic heterocycles. The van der Waals surface area contributed by atoms with Crippen molar-refractivity contribution >= 4 is 21.7 Å². The standard InChI is InChI=1S/C6H5NO4S2/c1-4-5(2-7)3-12-6(4)11-13(8,9)10/h3H,1H3,(H,8,9,10). The van der Waals surface area contributed by atoms with Crippen LogP contribution in [0.1, 0.15) is 11.1 Å². The molecule has 0 amide bonds. The lowest BCUT2D eigenvalue weighted by atomic mass is 10.2. The third-order valence-electron chi connectivity index (χ3n) is 1.30. The quantitative estimate of drug-likeness (QED) is 0.753. The molecule has 0 spiro atoms. The van der Waals surface area contributed by atoms with Gasteiger partial charge in [0.15, 0.2) is 0 Å². The Morgan fingerprint density at radius 3 is 2.69 bits per heavy atom. The fourth-order valence-electron chi connectivity index (χ4n) is 0.687. The van der Waals surface area contributed by atoms with Gasteiger partial charge >= 0.3 is 10.4 Å². The molecule has 0 radical (unpaired) electrons. The summed E-state index contributed by atoms with van der Waals surface area (Å²) in [5.74, 6) is 0. The Hall–Kier alpha value is -1.10. The molecule has 0 aromatic carbocycles. The molecular weight excluding hydrogens is 214 g/mol. The maximum atomic E-state index is 10.3. The van der Waals surface area contributed by atoms with Gasteiger partial charge in [0.25, 0.3) is 0 Å². The van der Waals surface area contributed by atoms with Crippen LogP contribution in [0.25, 0.3) is 0 Å². The van der Waals surface area contributed by atoms with Crippen LogP contribution in [-0.2, 0) is 10.4 Å². The molecule has 0 saturated carbocycles. The fraction of sp³-hybridized carbons (Fsp3) is 0.167. The minimum absolute atomic E-state index is 0.0130. The lowest BCUT2D eigenvalue weighted by Gasteiger charge is -1.97. The summed E-state index contributed by atoms with van der Waals surface area (Å²) < 4.78 is 33.2. The summed E-state index contributed by atoms with van der Waals surface area (Å²) in [6.45, 7) is 1.54. The Morgan fingerprint density at radius 1 is 1.69 bits per heavy atom. The van der Waals surface area contributed by atoms with Gasteiger partial charge in [0, 0.05) is 10.9 Å². The van der Waals surface area contributed by atoms with Gasteiger partial charge in [-0.05, 0) is 6.92 Å². The Balaban J connectivity index is 3.06. The van der Waals surface area contributed by atoms with E-state index in [0.29, 0.717) is 11.1 Å². The van der Waals surface area contributed by atoms with E-state index in [1.54, 1.807) is 0 Å². The average molecular weight is 219 g/mol. The van der Waals surface area contributed by atoms with Crippen molar-refractivity contribution in [1.29, 1.82) is 5.26 Å². The summed E-state index contributed by atoms with van der Waals surface area (Å²) in [6, 6.07) is 1.86. The number of rotatable bonds is 2. The highest BCUT2D eigenvalue weighted by Crippen LogP contribution is 2.29. The van der Waals surface area contributed by atoms with Crippen LogP contribution in [0.5, 0.6) is 5.06 Å². The van der Waals surface area contributed by atoms with Crippen LogP contribution in [-0.4, -0.2) is 13.0 Å². The van der Waals surface area contributed by atoms with E-state index in [1.165, 1.54) is 12.3 Å². The molecule has 0 bridgehead atoms. The zero-order valence-corrected chi connectivity index (χ0v) is 8.15. The SMILES string of the molecule is Cc1c(C#N)csc1OS(=O)(=O)O. The van der Waals surface area contributed by atoms with Crippen LogP contribution < -0.4 is 4.18 Å². The van der Waals surface area contributed by atoms with Crippen LogP contribution in [0.4, 0.5) is 0 Å². The number of hydrogen-bond acceptors (Lipinski definition) is 5. The molecule has 13 heavy (non-hydrogen) atoms. The zero-order valence-electron chi connectivity index (χ0n) is 6.51. The predicted molar refractivity (Wildman–Crippen MR) is 45.9 cm³/mol. The molecule has 70 valence electrons. The number of nitriles is 1. The van der Waals surface area contributed by atoms with E-state index in [-0.39, 0.29) is 5.06 Å². The average Bonchev–Trinajstić information content (AvgIpc) is 2.30. The van der Waals surface area contributed by atoms with E-state index in [4.69, 9.17) is 9.81 Å². The van der Waals surface area contributed by atoms with E-state index < -0.39 is 10.4 Å². The Bertz CT molecular complexity index is 453. The van der Waals surface area contributed by atoms with Gasteiger partial charge in [-0.3, -0.25) is 4.55 Å². The maximum Gasteiger partial charge on any atom is 0.447 e. The monoisotopic (exact) mass is 219 g/mol. The maximum absolute atomic E-state index is 10.3. The number of thiophene rings is 1. The third-order valence-corrected chi connectivity index (χ3v) is 2.74. The molecule has 1 N–H and O–H groups in total. The second-order valence-corrected chi connectivity index (χ2v) is 4.05. The smallest absolute Gasteiger partial charge is 0.350 e. The first-order valence-corrected chi connectivity index (χ1v) is 5.33. The van der Waals surface area contributed by atoms with Gasteiger partial charge in [0.05, 0.1) is 5.56 Å². The first-order chi connectivity index (χ1) is 5.94. The summed E-state index contributed by atoms with van der Waals surface area (Å²) in [4.78, 5) is 0. The van der Waals surface area contributed by atoms with Gasteiger partial charge in [-0.25, -0.2) is 0 Å². The van der Waals surface area contributed by atoms with Crippen molar-refractivity contribution in [2.75, 3.05) is 0 Å². The summed E-state index contributed by atoms with van der Waals surface area (Å²) in [5.41, 5.74) is 0.744. The van der Waals surface area contributed by atoms with Crippen molar-refractivity contribution in [2.24, 2.45) is 0 Å². The fourth-order valence-corrected chi connectivity index (χ4v) is 2.16. The molecule has 0 aliphatic heterocycles. The van der Waals surface area contributed by atoms with Gasteiger partial charge in [0.1, 0.15) is 6.07 Å². The minimum Gasteiger partial charge on any atom is -0.350 e. The van der Waals surface area contributed by atoms with Crippen LogP contribution in [0, 0.1) is 18.3 Å².